The Hall–Kier alpha value is -3.41. The van der Waals surface area contributed by atoms with Crippen molar-refractivity contribution in [1.82, 2.24) is 25.1 Å². The molecule has 27 heavy (non-hydrogen) atoms. The van der Waals surface area contributed by atoms with Crippen molar-refractivity contribution >= 4 is 16.9 Å². The molecule has 0 radical (unpaired) electrons. The summed E-state index contributed by atoms with van der Waals surface area (Å²) >= 11 is 0. The second-order valence-corrected chi connectivity index (χ2v) is 7.56. The van der Waals surface area contributed by atoms with Crippen LogP contribution in [0.4, 0.5) is 0 Å². The highest BCUT2D eigenvalue weighted by molar-refractivity contribution is 6.02. The molecular formula is C21H19N5O. The summed E-state index contributed by atoms with van der Waals surface area (Å²) < 4.78 is 1.78. The van der Waals surface area contributed by atoms with E-state index in [1.54, 1.807) is 4.68 Å². The van der Waals surface area contributed by atoms with E-state index in [2.05, 4.69) is 32.5 Å². The molecule has 2 N–H and O–H groups in total. The number of pyridine rings is 1. The standard InChI is InChI=1S/C21H19N5O/c1-21(2)18-7-12(4-5-15(18)20(27)25-21)17-10-23-19-16(17)6-13(8-22-19)14-9-24-26(3)11-14/h4-11H,1-3H3,(H,22,23)(H,25,27). The number of aromatic nitrogens is 4. The van der Waals surface area contributed by atoms with Crippen molar-refractivity contribution in [2.45, 2.75) is 19.4 Å². The van der Waals surface area contributed by atoms with Crippen LogP contribution in [0.5, 0.6) is 0 Å². The number of carbonyl (C=O) groups is 1. The first-order valence-electron chi connectivity index (χ1n) is 8.86. The van der Waals surface area contributed by atoms with E-state index in [0.717, 1.165) is 44.4 Å². The third-order valence-corrected chi connectivity index (χ3v) is 5.24. The molecule has 0 saturated heterocycles. The van der Waals surface area contributed by atoms with E-state index in [0.29, 0.717) is 0 Å². The van der Waals surface area contributed by atoms with Gasteiger partial charge in [-0.1, -0.05) is 6.07 Å². The fraction of sp³-hybridized carbons (Fsp3) is 0.190. The SMILES string of the molecule is Cn1cc(-c2cnc3[nH]cc(-c4ccc5c(c4)C(C)(C)NC5=O)c3c2)cn1. The predicted molar refractivity (Wildman–Crippen MR) is 104 cm³/mol. The van der Waals surface area contributed by atoms with Crippen LogP contribution in [0.1, 0.15) is 29.8 Å². The highest BCUT2D eigenvalue weighted by Gasteiger charge is 2.35. The van der Waals surface area contributed by atoms with Gasteiger partial charge >= 0.3 is 0 Å². The van der Waals surface area contributed by atoms with Gasteiger partial charge in [0.25, 0.3) is 5.91 Å². The second-order valence-electron chi connectivity index (χ2n) is 7.56. The molecule has 0 aliphatic carbocycles. The highest BCUT2D eigenvalue weighted by atomic mass is 16.2. The number of H-pyrrole nitrogens is 1. The summed E-state index contributed by atoms with van der Waals surface area (Å²) in [4.78, 5) is 20.0. The van der Waals surface area contributed by atoms with E-state index in [4.69, 9.17) is 0 Å². The molecule has 1 aliphatic rings. The smallest absolute Gasteiger partial charge is 0.252 e. The highest BCUT2D eigenvalue weighted by Crippen LogP contribution is 2.36. The Morgan fingerprint density at radius 2 is 1.89 bits per heavy atom. The number of benzene rings is 1. The van der Waals surface area contributed by atoms with Crippen molar-refractivity contribution in [3.63, 3.8) is 0 Å². The Morgan fingerprint density at radius 3 is 2.67 bits per heavy atom. The maximum absolute atomic E-state index is 12.2. The van der Waals surface area contributed by atoms with Crippen LogP contribution in [0.2, 0.25) is 0 Å². The molecule has 0 spiro atoms. The van der Waals surface area contributed by atoms with Crippen LogP contribution >= 0.6 is 0 Å². The van der Waals surface area contributed by atoms with Crippen LogP contribution in [0, 0.1) is 0 Å². The third-order valence-electron chi connectivity index (χ3n) is 5.24. The molecule has 1 amide bonds. The lowest BCUT2D eigenvalue weighted by Crippen LogP contribution is -2.32. The molecule has 134 valence electrons. The zero-order chi connectivity index (χ0) is 18.8. The first-order chi connectivity index (χ1) is 12.9. The first-order valence-corrected chi connectivity index (χ1v) is 8.86. The summed E-state index contributed by atoms with van der Waals surface area (Å²) in [6, 6.07) is 8.14. The summed E-state index contributed by atoms with van der Waals surface area (Å²) in [6.07, 6.45) is 7.65. The maximum Gasteiger partial charge on any atom is 0.252 e. The van der Waals surface area contributed by atoms with Crippen molar-refractivity contribution in [1.29, 1.82) is 0 Å². The van der Waals surface area contributed by atoms with Crippen molar-refractivity contribution in [3.05, 3.63) is 60.2 Å². The fourth-order valence-electron chi connectivity index (χ4n) is 3.82. The van der Waals surface area contributed by atoms with Crippen LogP contribution in [0.15, 0.2) is 49.1 Å². The molecule has 1 aromatic carbocycles. The van der Waals surface area contributed by atoms with E-state index in [9.17, 15) is 4.79 Å². The fourth-order valence-corrected chi connectivity index (χ4v) is 3.82. The van der Waals surface area contributed by atoms with Gasteiger partial charge in [-0.05, 0) is 43.2 Å². The monoisotopic (exact) mass is 357 g/mol. The molecule has 0 atom stereocenters. The molecular weight excluding hydrogens is 338 g/mol. The minimum absolute atomic E-state index is 0.0130. The molecule has 0 saturated carbocycles. The number of aromatic amines is 1. The van der Waals surface area contributed by atoms with Crippen LogP contribution < -0.4 is 5.32 Å². The van der Waals surface area contributed by atoms with Crippen LogP contribution in [-0.2, 0) is 12.6 Å². The van der Waals surface area contributed by atoms with Crippen molar-refractivity contribution < 1.29 is 4.79 Å². The number of carbonyl (C=O) groups excluding carboxylic acids is 1. The Morgan fingerprint density at radius 1 is 1.04 bits per heavy atom. The van der Waals surface area contributed by atoms with E-state index in [1.165, 1.54) is 0 Å². The summed E-state index contributed by atoms with van der Waals surface area (Å²) in [6.45, 7) is 4.05. The number of amides is 1. The molecule has 4 aromatic rings. The number of aryl methyl sites for hydroxylation is 1. The van der Waals surface area contributed by atoms with E-state index in [1.807, 2.05) is 57.8 Å². The average molecular weight is 357 g/mol. The lowest BCUT2D eigenvalue weighted by molar-refractivity contribution is 0.0940. The lowest BCUT2D eigenvalue weighted by atomic mass is 9.91. The first kappa shape index (κ1) is 15.8. The quantitative estimate of drug-likeness (QED) is 0.575. The molecule has 0 unspecified atom stereocenters. The number of fused-ring (bicyclic) bond motifs is 2. The van der Waals surface area contributed by atoms with E-state index < -0.39 is 0 Å². The Balaban J connectivity index is 1.67. The van der Waals surface area contributed by atoms with Crippen molar-refractivity contribution in [2.75, 3.05) is 0 Å². The Bertz CT molecular complexity index is 1210. The molecule has 4 heterocycles. The summed E-state index contributed by atoms with van der Waals surface area (Å²) in [7, 11) is 1.90. The van der Waals surface area contributed by atoms with Crippen molar-refractivity contribution in [3.8, 4) is 22.3 Å². The zero-order valence-corrected chi connectivity index (χ0v) is 15.4. The van der Waals surface area contributed by atoms with Crippen LogP contribution in [-0.4, -0.2) is 25.7 Å². The van der Waals surface area contributed by atoms with Gasteiger partial charge in [0, 0.05) is 53.3 Å². The van der Waals surface area contributed by atoms with Gasteiger partial charge in [0.1, 0.15) is 5.65 Å². The summed E-state index contributed by atoms with van der Waals surface area (Å²) in [5.74, 6) is -0.0130. The molecule has 5 rings (SSSR count). The zero-order valence-electron chi connectivity index (χ0n) is 15.4. The number of hydrogen-bond donors (Lipinski definition) is 2. The van der Waals surface area contributed by atoms with E-state index in [-0.39, 0.29) is 11.4 Å². The molecule has 6 heteroatoms. The minimum Gasteiger partial charge on any atom is -0.346 e. The molecule has 0 bridgehead atoms. The van der Waals surface area contributed by atoms with Crippen LogP contribution in [0.25, 0.3) is 33.3 Å². The number of nitrogens with zero attached hydrogens (tertiary/aromatic N) is 3. The largest absolute Gasteiger partial charge is 0.346 e. The Kier molecular flexibility index (Phi) is 3.10. The van der Waals surface area contributed by atoms with Gasteiger partial charge in [0.05, 0.1) is 11.7 Å². The van der Waals surface area contributed by atoms with Crippen molar-refractivity contribution in [2.24, 2.45) is 7.05 Å². The van der Waals surface area contributed by atoms with Gasteiger partial charge in [-0.2, -0.15) is 5.10 Å². The average Bonchev–Trinajstić information content (AvgIpc) is 3.31. The molecule has 0 fully saturated rings. The van der Waals surface area contributed by atoms with Gasteiger partial charge in [-0.25, -0.2) is 4.98 Å². The number of nitrogens with one attached hydrogen (secondary N) is 2. The van der Waals surface area contributed by atoms with E-state index >= 15 is 0 Å². The normalized spacial score (nSPS) is 15.1. The summed E-state index contributed by atoms with van der Waals surface area (Å²) in [5.41, 5.74) is 6.43. The molecule has 6 nitrogen and oxygen atoms in total. The Labute approximate surface area is 156 Å². The number of hydrogen-bond acceptors (Lipinski definition) is 3. The molecule has 3 aromatic heterocycles. The second kappa shape index (κ2) is 5.30. The number of rotatable bonds is 2. The third kappa shape index (κ3) is 2.37. The van der Waals surface area contributed by atoms with Gasteiger partial charge in [-0.15, -0.1) is 0 Å². The molecule has 1 aliphatic heterocycles. The van der Waals surface area contributed by atoms with Gasteiger partial charge in [0.2, 0.25) is 0 Å². The van der Waals surface area contributed by atoms with Crippen LogP contribution in [0.3, 0.4) is 0 Å². The van der Waals surface area contributed by atoms with Gasteiger partial charge < -0.3 is 10.3 Å². The lowest BCUT2D eigenvalue weighted by Gasteiger charge is -2.19. The maximum atomic E-state index is 12.2. The van der Waals surface area contributed by atoms with Gasteiger partial charge in [-0.3, -0.25) is 9.48 Å². The topological polar surface area (TPSA) is 75.6 Å². The minimum atomic E-state index is -0.367. The predicted octanol–water partition coefficient (Wildman–Crippen LogP) is 3.61. The summed E-state index contributed by atoms with van der Waals surface area (Å²) in [5, 5.41) is 8.33. The van der Waals surface area contributed by atoms with Gasteiger partial charge in [0.15, 0.2) is 0 Å².